The summed E-state index contributed by atoms with van der Waals surface area (Å²) in [5.41, 5.74) is 0. The van der Waals surface area contributed by atoms with Crippen LogP contribution in [0.4, 0.5) is 0 Å². The monoisotopic (exact) mass is 256 g/mol. The summed E-state index contributed by atoms with van der Waals surface area (Å²) < 4.78 is 10.2. The number of esters is 2. The summed E-state index contributed by atoms with van der Waals surface area (Å²) in [5, 5.41) is 0. The first-order valence-electron chi connectivity index (χ1n) is 7.07. The molecule has 0 N–H and O–H groups in total. The molecule has 0 spiro atoms. The zero-order chi connectivity index (χ0) is 13.2. The Morgan fingerprint density at radius 3 is 2.22 bits per heavy atom. The van der Waals surface area contributed by atoms with Crippen LogP contribution in [0.1, 0.15) is 64.7 Å². The maximum absolute atomic E-state index is 11.5. The van der Waals surface area contributed by atoms with E-state index in [-0.39, 0.29) is 18.0 Å². The van der Waals surface area contributed by atoms with Gasteiger partial charge >= 0.3 is 11.9 Å². The van der Waals surface area contributed by atoms with E-state index < -0.39 is 0 Å². The van der Waals surface area contributed by atoms with Crippen LogP contribution >= 0.6 is 0 Å². The van der Waals surface area contributed by atoms with Crippen molar-refractivity contribution in [3.63, 3.8) is 0 Å². The molecule has 0 heterocycles. The van der Waals surface area contributed by atoms with Crippen LogP contribution in [0.3, 0.4) is 0 Å². The van der Waals surface area contributed by atoms with Gasteiger partial charge in [-0.25, -0.2) is 0 Å². The molecule has 0 atom stereocenters. The van der Waals surface area contributed by atoms with E-state index in [1.54, 1.807) is 6.92 Å². The van der Waals surface area contributed by atoms with Gasteiger partial charge < -0.3 is 9.47 Å². The first-order valence-corrected chi connectivity index (χ1v) is 7.07. The standard InChI is InChI=1S/C14H24O4/c1-2-17-13(15)10-6-7-11-14(16)18-12-8-4-3-5-9-12/h12H,2-11H2,1H3. The van der Waals surface area contributed by atoms with Crippen molar-refractivity contribution in [3.05, 3.63) is 0 Å². The minimum Gasteiger partial charge on any atom is -0.466 e. The van der Waals surface area contributed by atoms with E-state index in [9.17, 15) is 9.59 Å². The molecule has 0 aromatic rings. The molecular formula is C14H24O4. The molecule has 0 bridgehead atoms. The van der Waals surface area contributed by atoms with Gasteiger partial charge in [-0.05, 0) is 45.4 Å². The maximum Gasteiger partial charge on any atom is 0.306 e. The molecule has 104 valence electrons. The van der Waals surface area contributed by atoms with Gasteiger partial charge in [0, 0.05) is 12.8 Å². The molecule has 4 nitrogen and oxygen atoms in total. The van der Waals surface area contributed by atoms with E-state index in [0.29, 0.717) is 32.3 Å². The molecule has 0 radical (unpaired) electrons. The number of carbonyl (C=O) groups is 2. The van der Waals surface area contributed by atoms with Crippen molar-refractivity contribution in [2.75, 3.05) is 6.61 Å². The van der Waals surface area contributed by atoms with Crippen molar-refractivity contribution >= 4 is 11.9 Å². The highest BCUT2D eigenvalue weighted by atomic mass is 16.5. The molecule has 1 fully saturated rings. The summed E-state index contributed by atoms with van der Waals surface area (Å²) in [6.45, 7) is 2.21. The first kappa shape index (κ1) is 15.0. The molecule has 18 heavy (non-hydrogen) atoms. The molecule has 0 aliphatic heterocycles. The first-order chi connectivity index (χ1) is 8.72. The fourth-order valence-corrected chi connectivity index (χ4v) is 2.20. The molecule has 1 aliphatic rings. The van der Waals surface area contributed by atoms with Gasteiger partial charge in [-0.1, -0.05) is 6.42 Å². The van der Waals surface area contributed by atoms with Crippen LogP contribution in [0.25, 0.3) is 0 Å². The van der Waals surface area contributed by atoms with Crippen LogP contribution in [0.5, 0.6) is 0 Å². The van der Waals surface area contributed by atoms with Gasteiger partial charge in [-0.2, -0.15) is 0 Å². The van der Waals surface area contributed by atoms with E-state index in [4.69, 9.17) is 9.47 Å². The second-order valence-electron chi connectivity index (χ2n) is 4.76. The van der Waals surface area contributed by atoms with Gasteiger partial charge in [0.1, 0.15) is 6.10 Å². The Kier molecular flexibility index (Phi) is 7.46. The zero-order valence-corrected chi connectivity index (χ0v) is 11.3. The van der Waals surface area contributed by atoms with Crippen LogP contribution in [-0.2, 0) is 19.1 Å². The highest BCUT2D eigenvalue weighted by molar-refractivity contribution is 5.70. The van der Waals surface area contributed by atoms with E-state index in [0.717, 1.165) is 12.8 Å². The second-order valence-corrected chi connectivity index (χ2v) is 4.76. The van der Waals surface area contributed by atoms with Crippen molar-refractivity contribution in [2.24, 2.45) is 0 Å². The lowest BCUT2D eigenvalue weighted by Gasteiger charge is -2.21. The maximum atomic E-state index is 11.5. The van der Waals surface area contributed by atoms with Crippen LogP contribution in [0.2, 0.25) is 0 Å². The lowest BCUT2D eigenvalue weighted by atomic mass is 9.98. The van der Waals surface area contributed by atoms with E-state index in [2.05, 4.69) is 0 Å². The van der Waals surface area contributed by atoms with Crippen molar-refractivity contribution in [1.82, 2.24) is 0 Å². The third-order valence-corrected chi connectivity index (χ3v) is 3.17. The molecule has 1 saturated carbocycles. The van der Waals surface area contributed by atoms with Gasteiger partial charge in [-0.15, -0.1) is 0 Å². The number of unbranched alkanes of at least 4 members (excludes halogenated alkanes) is 1. The molecule has 0 amide bonds. The summed E-state index contributed by atoms with van der Waals surface area (Å²) in [6.07, 6.45) is 7.94. The van der Waals surface area contributed by atoms with Crippen molar-refractivity contribution < 1.29 is 19.1 Å². The summed E-state index contributed by atoms with van der Waals surface area (Å²) >= 11 is 0. The Bertz CT molecular complexity index is 257. The Labute approximate surface area is 109 Å². The SMILES string of the molecule is CCOC(=O)CCCCC(=O)OC1CCCCC1. The zero-order valence-electron chi connectivity index (χ0n) is 11.3. The molecule has 0 unspecified atom stereocenters. The number of rotatable bonds is 7. The Morgan fingerprint density at radius 2 is 1.61 bits per heavy atom. The largest absolute Gasteiger partial charge is 0.466 e. The van der Waals surface area contributed by atoms with E-state index in [1.807, 2.05) is 0 Å². The molecule has 4 heteroatoms. The number of hydrogen-bond acceptors (Lipinski definition) is 4. The topological polar surface area (TPSA) is 52.6 Å². The van der Waals surface area contributed by atoms with E-state index >= 15 is 0 Å². The van der Waals surface area contributed by atoms with Crippen LogP contribution in [-0.4, -0.2) is 24.6 Å². The fraction of sp³-hybridized carbons (Fsp3) is 0.857. The van der Waals surface area contributed by atoms with Gasteiger partial charge in [0.05, 0.1) is 6.61 Å². The van der Waals surface area contributed by atoms with Crippen molar-refractivity contribution in [3.8, 4) is 0 Å². The van der Waals surface area contributed by atoms with Crippen molar-refractivity contribution in [2.45, 2.75) is 70.8 Å². The smallest absolute Gasteiger partial charge is 0.306 e. The Balaban J connectivity index is 2.01. The minimum absolute atomic E-state index is 0.120. The highest BCUT2D eigenvalue weighted by Crippen LogP contribution is 2.20. The molecule has 0 aromatic carbocycles. The van der Waals surface area contributed by atoms with Gasteiger partial charge in [0.2, 0.25) is 0 Å². The minimum atomic E-state index is -0.182. The summed E-state index contributed by atoms with van der Waals surface area (Å²) in [4.78, 5) is 22.6. The van der Waals surface area contributed by atoms with E-state index in [1.165, 1.54) is 19.3 Å². The third kappa shape index (κ3) is 6.62. The van der Waals surface area contributed by atoms with Crippen molar-refractivity contribution in [1.29, 1.82) is 0 Å². The predicted octanol–water partition coefficient (Wildman–Crippen LogP) is 2.99. The molecule has 1 rings (SSSR count). The molecule has 0 saturated heterocycles. The highest BCUT2D eigenvalue weighted by Gasteiger charge is 2.17. The summed E-state index contributed by atoms with van der Waals surface area (Å²) in [6, 6.07) is 0. The number of hydrogen-bond donors (Lipinski definition) is 0. The number of ether oxygens (including phenoxy) is 2. The summed E-state index contributed by atoms with van der Waals surface area (Å²) in [5.74, 6) is -0.302. The Hall–Kier alpha value is -1.06. The lowest BCUT2D eigenvalue weighted by molar-refractivity contribution is -0.151. The van der Waals surface area contributed by atoms with Crippen LogP contribution in [0, 0.1) is 0 Å². The Morgan fingerprint density at radius 1 is 1.00 bits per heavy atom. The van der Waals surface area contributed by atoms with Crippen LogP contribution in [0.15, 0.2) is 0 Å². The molecule has 1 aliphatic carbocycles. The summed E-state index contributed by atoms with van der Waals surface area (Å²) in [7, 11) is 0. The number of carbonyl (C=O) groups excluding carboxylic acids is 2. The van der Waals surface area contributed by atoms with Gasteiger partial charge in [-0.3, -0.25) is 9.59 Å². The van der Waals surface area contributed by atoms with Crippen LogP contribution < -0.4 is 0 Å². The predicted molar refractivity (Wildman–Crippen MR) is 68.1 cm³/mol. The van der Waals surface area contributed by atoms with Gasteiger partial charge in [0.15, 0.2) is 0 Å². The third-order valence-electron chi connectivity index (χ3n) is 3.17. The normalized spacial score (nSPS) is 16.3. The fourth-order valence-electron chi connectivity index (χ4n) is 2.20. The molecule has 0 aromatic heterocycles. The van der Waals surface area contributed by atoms with Gasteiger partial charge in [0.25, 0.3) is 0 Å². The molecular weight excluding hydrogens is 232 g/mol. The lowest BCUT2D eigenvalue weighted by Crippen LogP contribution is -2.20. The average Bonchev–Trinajstić information content (AvgIpc) is 2.36. The second kappa shape index (κ2) is 8.95. The quantitative estimate of drug-likeness (QED) is 0.519. The average molecular weight is 256 g/mol.